The molecule has 5 rings (SSSR count). The molecule has 1 aliphatic rings. The van der Waals surface area contributed by atoms with Gasteiger partial charge < -0.3 is 24.8 Å². The van der Waals surface area contributed by atoms with Gasteiger partial charge in [0, 0.05) is 21.9 Å². The molecule has 10 heteroatoms. The summed E-state index contributed by atoms with van der Waals surface area (Å²) in [5.41, 5.74) is 2.72. The highest BCUT2D eigenvalue weighted by Crippen LogP contribution is 2.43. The molecule has 0 unspecified atom stereocenters. The Kier molecular flexibility index (Phi) is 6.53. The van der Waals surface area contributed by atoms with E-state index in [9.17, 15) is 19.8 Å². The molecule has 2 aromatic heterocycles. The van der Waals surface area contributed by atoms with Crippen molar-refractivity contribution in [1.29, 1.82) is 0 Å². The lowest BCUT2D eigenvalue weighted by atomic mass is 10.0. The van der Waals surface area contributed by atoms with Crippen molar-refractivity contribution in [2.24, 2.45) is 0 Å². The number of benzene rings is 2. The molecular formula is C27H20BrN3O5S. The van der Waals surface area contributed by atoms with Crippen molar-refractivity contribution >= 4 is 50.9 Å². The smallest absolute Gasteiger partial charge is 0.335 e. The van der Waals surface area contributed by atoms with E-state index in [1.807, 2.05) is 48.2 Å². The van der Waals surface area contributed by atoms with Gasteiger partial charge in [-0.15, -0.1) is 0 Å². The molecule has 0 amide bonds. The summed E-state index contributed by atoms with van der Waals surface area (Å²) in [5, 5.41) is 22.8. The summed E-state index contributed by atoms with van der Waals surface area (Å²) in [6.45, 7) is 1.99. The minimum atomic E-state index is -1.23. The van der Waals surface area contributed by atoms with Gasteiger partial charge in [-0.05, 0) is 85.4 Å². The molecule has 1 saturated heterocycles. The van der Waals surface area contributed by atoms with Crippen LogP contribution in [-0.2, 0) is 0 Å². The predicted molar refractivity (Wildman–Crippen MR) is 145 cm³/mol. The van der Waals surface area contributed by atoms with Gasteiger partial charge in [0.25, 0.3) is 0 Å². The number of aromatic nitrogens is 1. The summed E-state index contributed by atoms with van der Waals surface area (Å²) in [5.74, 6) is -1.57. The fraction of sp³-hybridized carbons (Fsp3) is 0.111. The van der Waals surface area contributed by atoms with Gasteiger partial charge in [0.1, 0.15) is 17.6 Å². The first kappa shape index (κ1) is 24.7. The van der Waals surface area contributed by atoms with E-state index in [0.29, 0.717) is 22.2 Å². The lowest BCUT2D eigenvalue weighted by molar-refractivity contribution is 0.0696. The van der Waals surface area contributed by atoms with Gasteiger partial charge in [-0.2, -0.15) is 0 Å². The third-order valence-electron chi connectivity index (χ3n) is 6.15. The number of carboxylic acid groups (broad SMARTS) is 2. The maximum atomic E-state index is 11.6. The van der Waals surface area contributed by atoms with E-state index in [1.165, 1.54) is 12.1 Å². The van der Waals surface area contributed by atoms with E-state index in [-0.39, 0.29) is 17.2 Å². The van der Waals surface area contributed by atoms with Crippen molar-refractivity contribution < 1.29 is 24.2 Å². The fourth-order valence-electron chi connectivity index (χ4n) is 4.38. The molecule has 3 N–H and O–H groups in total. The van der Waals surface area contributed by atoms with Crippen molar-refractivity contribution in [3.05, 3.63) is 106 Å². The summed E-state index contributed by atoms with van der Waals surface area (Å²) in [4.78, 5) is 29.7. The average Bonchev–Trinajstić information content (AvgIpc) is 3.50. The fourth-order valence-corrected chi connectivity index (χ4v) is 4.98. The molecule has 0 bridgehead atoms. The number of halogens is 1. The number of aryl methyl sites for hydroxylation is 1. The maximum absolute atomic E-state index is 11.6. The Morgan fingerprint density at radius 1 is 1.03 bits per heavy atom. The van der Waals surface area contributed by atoms with Gasteiger partial charge in [-0.1, -0.05) is 22.0 Å². The highest BCUT2D eigenvalue weighted by molar-refractivity contribution is 9.10. The molecule has 2 aromatic carbocycles. The maximum Gasteiger partial charge on any atom is 0.335 e. The number of hydrogen-bond acceptors (Lipinski definition) is 5. The first-order valence-corrected chi connectivity index (χ1v) is 12.4. The second-order valence-corrected chi connectivity index (χ2v) is 9.78. The Hall–Kier alpha value is -4.02. The highest BCUT2D eigenvalue weighted by atomic mass is 79.9. The van der Waals surface area contributed by atoms with Crippen LogP contribution in [0.5, 0.6) is 0 Å². The second-order valence-electron chi connectivity index (χ2n) is 8.54. The van der Waals surface area contributed by atoms with E-state index in [1.54, 1.807) is 18.3 Å². The number of pyridine rings is 1. The molecule has 186 valence electrons. The standard InChI is InChI=1S/C27H20BrN3O5S/c1-14-10-18(5-6-19(14)28)31-24(23(30-27(31)37)20-4-2-3-9-29-20)22-8-7-21(36-22)15-11-16(25(32)33)13-17(12-15)26(34)35/h2-13,23-24H,1H3,(H,30,37)(H,32,33)(H,34,35)/t23-,24-/m1/s1. The number of aromatic carboxylic acids is 2. The number of furan rings is 1. The number of hydrogen-bond donors (Lipinski definition) is 3. The third-order valence-corrected chi connectivity index (χ3v) is 7.35. The van der Waals surface area contributed by atoms with Gasteiger partial charge >= 0.3 is 11.9 Å². The molecule has 0 aliphatic carbocycles. The largest absolute Gasteiger partial charge is 0.478 e. The van der Waals surface area contributed by atoms with Crippen LogP contribution >= 0.6 is 28.1 Å². The summed E-state index contributed by atoms with van der Waals surface area (Å²) in [7, 11) is 0. The molecule has 1 fully saturated rings. The van der Waals surface area contributed by atoms with E-state index in [4.69, 9.17) is 16.6 Å². The molecule has 8 nitrogen and oxygen atoms in total. The van der Waals surface area contributed by atoms with Gasteiger partial charge in [0.15, 0.2) is 5.11 Å². The molecule has 0 saturated carbocycles. The molecule has 37 heavy (non-hydrogen) atoms. The predicted octanol–water partition coefficient (Wildman–Crippen LogP) is 5.99. The summed E-state index contributed by atoms with van der Waals surface area (Å²) >= 11 is 9.29. The Labute approximate surface area is 225 Å². The van der Waals surface area contributed by atoms with Crippen LogP contribution in [0.3, 0.4) is 0 Å². The Balaban J connectivity index is 1.62. The Bertz CT molecular complexity index is 1510. The number of thiocarbonyl (C=S) groups is 1. The molecule has 1 aliphatic heterocycles. The van der Waals surface area contributed by atoms with E-state index >= 15 is 0 Å². The molecule has 2 atom stereocenters. The van der Waals surface area contributed by atoms with Crippen molar-refractivity contribution in [1.82, 2.24) is 10.3 Å². The van der Waals surface area contributed by atoms with Gasteiger partial charge in [0.05, 0.1) is 22.9 Å². The number of nitrogens with one attached hydrogen (secondary N) is 1. The quantitative estimate of drug-likeness (QED) is 0.238. The molecule has 0 spiro atoms. The minimum absolute atomic E-state index is 0.144. The van der Waals surface area contributed by atoms with Gasteiger partial charge in [-0.3, -0.25) is 4.98 Å². The minimum Gasteiger partial charge on any atom is -0.478 e. The number of rotatable bonds is 6. The van der Waals surface area contributed by atoms with E-state index in [0.717, 1.165) is 27.5 Å². The van der Waals surface area contributed by atoms with Crippen LogP contribution in [0.4, 0.5) is 5.69 Å². The molecule has 4 aromatic rings. The van der Waals surface area contributed by atoms with E-state index < -0.39 is 18.0 Å². The van der Waals surface area contributed by atoms with Crippen LogP contribution in [-0.4, -0.2) is 32.2 Å². The van der Waals surface area contributed by atoms with Crippen molar-refractivity contribution in [2.75, 3.05) is 4.90 Å². The SMILES string of the molecule is Cc1cc(N2C(=S)N[C@H](c3ccccn3)[C@H]2c2ccc(-c3cc(C(=O)O)cc(C(=O)O)c3)o2)ccc1Br. The molecule has 0 radical (unpaired) electrons. The summed E-state index contributed by atoms with van der Waals surface area (Å²) in [6, 6.07) is 18.2. The van der Waals surface area contributed by atoms with Crippen molar-refractivity contribution in [3.8, 4) is 11.3 Å². The monoisotopic (exact) mass is 577 g/mol. The van der Waals surface area contributed by atoms with Crippen LogP contribution in [0.15, 0.2) is 81.8 Å². The summed E-state index contributed by atoms with van der Waals surface area (Å²) in [6.07, 6.45) is 1.71. The van der Waals surface area contributed by atoms with Crippen LogP contribution in [0.25, 0.3) is 11.3 Å². The Morgan fingerprint density at radius 2 is 1.76 bits per heavy atom. The zero-order valence-corrected chi connectivity index (χ0v) is 21.8. The lowest BCUT2D eigenvalue weighted by Crippen LogP contribution is -2.29. The highest BCUT2D eigenvalue weighted by Gasteiger charge is 2.42. The molecular weight excluding hydrogens is 558 g/mol. The topological polar surface area (TPSA) is 116 Å². The lowest BCUT2D eigenvalue weighted by Gasteiger charge is -2.26. The van der Waals surface area contributed by atoms with Gasteiger partial charge in [-0.25, -0.2) is 9.59 Å². The van der Waals surface area contributed by atoms with E-state index in [2.05, 4.69) is 26.2 Å². The van der Waals surface area contributed by atoms with Crippen molar-refractivity contribution in [2.45, 2.75) is 19.0 Å². The Morgan fingerprint density at radius 3 is 2.38 bits per heavy atom. The second kappa shape index (κ2) is 9.79. The van der Waals surface area contributed by atoms with Crippen LogP contribution < -0.4 is 10.2 Å². The zero-order chi connectivity index (χ0) is 26.3. The third kappa shape index (κ3) is 4.73. The first-order chi connectivity index (χ1) is 17.7. The molecule has 3 heterocycles. The van der Waals surface area contributed by atoms with Crippen molar-refractivity contribution in [3.63, 3.8) is 0 Å². The van der Waals surface area contributed by atoms with Crippen LogP contribution in [0.2, 0.25) is 0 Å². The normalized spacial score (nSPS) is 17.0. The number of carbonyl (C=O) groups is 2. The zero-order valence-electron chi connectivity index (χ0n) is 19.4. The van der Waals surface area contributed by atoms with Crippen LogP contribution in [0.1, 0.15) is 49.8 Å². The first-order valence-electron chi connectivity index (χ1n) is 11.2. The number of nitrogens with zero attached hydrogens (tertiary/aromatic N) is 2. The number of carboxylic acids is 2. The van der Waals surface area contributed by atoms with Crippen LogP contribution in [0, 0.1) is 6.92 Å². The van der Waals surface area contributed by atoms with Gasteiger partial charge in [0.2, 0.25) is 0 Å². The average molecular weight is 578 g/mol. The number of anilines is 1. The summed E-state index contributed by atoms with van der Waals surface area (Å²) < 4.78 is 7.24.